The van der Waals surface area contributed by atoms with Gasteiger partial charge in [0.05, 0.1) is 34.1 Å². The number of rotatable bonds is 17. The number of carbonyl (C=O) groups is 2. The number of hydrogen-bond acceptors (Lipinski definition) is 24. The number of carboxylic acid groups (broad SMARTS) is 2. The number of aliphatic carboxylic acids is 1. The molecule has 4 rings (SSSR count). The standard InChI is InChI=1S/C26H19ClN10O15S5.H2O/c27-24-31-25(33-26(32-24)54-10-19(38)39)30-11-1-4-17(55-51-50-42)16(7-11)35-37-22-14(29)9-13(28)21(20(22)23(40)41)36-34-15-3-2-12(8-18(15)56(43,44)45)53-6-5-49-52-57(46,47)48;/h1-4,7-9,42H,10,28-29H2,(H,38,39)(H,40,41)(H,43,44,45)(H,46,47,48)(H,30,31,32,33);1H2. The van der Waals surface area contributed by atoms with E-state index in [4.69, 9.17) is 38.0 Å². The van der Waals surface area contributed by atoms with E-state index < -0.39 is 60.0 Å². The number of thioether (sulfide) groups is 2. The molecule has 3 aromatic carbocycles. The molecule has 0 amide bonds. The predicted molar refractivity (Wildman–Crippen MR) is 201 cm³/mol. The Hall–Kier alpha value is -5.47. The van der Waals surface area contributed by atoms with Gasteiger partial charge in [-0.1, -0.05) is 16.8 Å². The van der Waals surface area contributed by atoms with E-state index in [2.05, 4.69) is 64.6 Å². The summed E-state index contributed by atoms with van der Waals surface area (Å²) in [5, 5.41) is 51.8. The number of azo groups is 2. The molecule has 12 N–H and O–H groups in total. The fraction of sp³-hybridized carbons (Fsp3) is 0.0385. The molecule has 0 aliphatic heterocycles. The smallest absolute Gasteiger partial charge is 0.433 e. The van der Waals surface area contributed by atoms with Gasteiger partial charge < -0.3 is 32.5 Å². The van der Waals surface area contributed by atoms with Crippen LogP contribution in [0.15, 0.2) is 82.8 Å². The summed E-state index contributed by atoms with van der Waals surface area (Å²) in [5.74, 6) is -3.30. The van der Waals surface area contributed by atoms with E-state index in [1.807, 2.05) is 0 Å². The highest BCUT2D eigenvalue weighted by atomic mass is 35.5. The van der Waals surface area contributed by atoms with Crippen LogP contribution in [0.25, 0.3) is 0 Å². The molecule has 0 saturated carbocycles. The lowest BCUT2D eigenvalue weighted by molar-refractivity contribution is -0.432. The van der Waals surface area contributed by atoms with Gasteiger partial charge in [0.1, 0.15) is 33.2 Å². The second-order valence-electron chi connectivity index (χ2n) is 9.75. The number of nitrogens with one attached hydrogen (secondary N) is 1. The minimum Gasteiger partial charge on any atom is -0.481 e. The molecule has 0 atom stereocenters. The third kappa shape index (κ3) is 13.9. The maximum Gasteiger partial charge on any atom is 0.433 e. The number of nitrogen functional groups attached to an aromatic ring is 2. The van der Waals surface area contributed by atoms with Crippen LogP contribution in [0.4, 0.5) is 45.8 Å². The normalized spacial score (nSPS) is 11.5. The first-order valence-corrected chi connectivity index (χ1v) is 19.8. The first-order chi connectivity index (χ1) is 26.8. The zero-order chi connectivity index (χ0) is 41.9. The highest BCUT2D eigenvalue weighted by molar-refractivity contribution is 8.04. The Morgan fingerprint density at radius 1 is 0.914 bits per heavy atom. The Balaban J connectivity index is 0.00000900. The number of anilines is 4. The van der Waals surface area contributed by atoms with Crippen LogP contribution in [-0.2, 0) is 43.9 Å². The molecule has 58 heavy (non-hydrogen) atoms. The van der Waals surface area contributed by atoms with Gasteiger partial charge >= 0.3 is 22.3 Å². The molecular formula is C26H21ClN10O16S5. The molecule has 0 unspecified atom stereocenters. The third-order valence-electron chi connectivity index (χ3n) is 5.92. The van der Waals surface area contributed by atoms with Crippen molar-refractivity contribution < 1.29 is 75.1 Å². The van der Waals surface area contributed by atoms with Crippen LogP contribution in [0.5, 0.6) is 0 Å². The Kier molecular flexibility index (Phi) is 16.8. The summed E-state index contributed by atoms with van der Waals surface area (Å²) in [5.41, 5.74) is 9.23. The van der Waals surface area contributed by atoms with E-state index in [1.165, 1.54) is 24.3 Å². The van der Waals surface area contributed by atoms with Crippen molar-refractivity contribution >= 4 is 125 Å². The quantitative estimate of drug-likeness (QED) is 0.0103. The van der Waals surface area contributed by atoms with E-state index in [0.29, 0.717) is 23.8 Å². The van der Waals surface area contributed by atoms with Gasteiger partial charge in [-0.25, -0.2) is 10.1 Å². The monoisotopic (exact) mass is 924 g/mol. The van der Waals surface area contributed by atoms with Crippen LogP contribution < -0.4 is 16.8 Å². The zero-order valence-corrected chi connectivity index (χ0v) is 32.6. The first kappa shape index (κ1) is 46.9. The molecular weight excluding hydrogens is 904 g/mol. The maximum absolute atomic E-state index is 12.6. The first-order valence-electron chi connectivity index (χ1n) is 14.1. The van der Waals surface area contributed by atoms with Gasteiger partial charge in [-0.2, -0.15) is 31.8 Å². The molecule has 0 bridgehead atoms. The molecule has 1 heterocycles. The number of aromatic nitrogens is 3. The topological polar surface area (TPSA) is 424 Å². The number of carboxylic acids is 2. The molecule has 0 saturated heterocycles. The summed E-state index contributed by atoms with van der Waals surface area (Å²) in [4.78, 5) is 38.7. The molecule has 26 nitrogen and oxygen atoms in total. The summed E-state index contributed by atoms with van der Waals surface area (Å²) in [6, 6.07) is 8.39. The summed E-state index contributed by atoms with van der Waals surface area (Å²) in [7, 11) is -9.98. The maximum atomic E-state index is 12.6. The highest BCUT2D eigenvalue weighted by Crippen LogP contribution is 2.43. The van der Waals surface area contributed by atoms with Crippen LogP contribution in [0.2, 0.25) is 5.28 Å². The summed E-state index contributed by atoms with van der Waals surface area (Å²) < 4.78 is 71.7. The van der Waals surface area contributed by atoms with Crippen molar-refractivity contribution in [1.29, 1.82) is 0 Å². The van der Waals surface area contributed by atoms with Crippen molar-refractivity contribution in [3.05, 3.63) is 53.3 Å². The Morgan fingerprint density at radius 2 is 1.59 bits per heavy atom. The molecule has 0 radical (unpaired) electrons. The highest BCUT2D eigenvalue weighted by Gasteiger charge is 2.23. The van der Waals surface area contributed by atoms with Gasteiger partial charge in [0.15, 0.2) is 11.3 Å². The van der Waals surface area contributed by atoms with Crippen LogP contribution >= 0.6 is 47.2 Å². The SMILES string of the molecule is Nc1cc(N)c(N=Nc2ccc(SC#COOS(=O)(=O)O)cc2S(=O)(=O)O)c(C(=O)O)c1N=Nc1cc(Nc2nc(Cl)nc(SCC(=O)O)n2)ccc1SOOO.O. The van der Waals surface area contributed by atoms with Gasteiger partial charge in [0.25, 0.3) is 10.1 Å². The molecule has 1 aromatic heterocycles. The number of hydrogen-bond donors (Lipinski definition) is 8. The minimum atomic E-state index is -5.02. The van der Waals surface area contributed by atoms with Gasteiger partial charge in [-0.15, -0.1) is 24.8 Å². The minimum absolute atomic E-state index is 0. The van der Waals surface area contributed by atoms with Crippen molar-refractivity contribution in [2.45, 2.75) is 19.8 Å². The summed E-state index contributed by atoms with van der Waals surface area (Å²) in [6.07, 6.45) is 1.75. The van der Waals surface area contributed by atoms with E-state index in [9.17, 15) is 36.1 Å². The summed E-state index contributed by atoms with van der Waals surface area (Å²) in [6.45, 7) is 0. The molecule has 0 fully saturated rings. The fourth-order valence-electron chi connectivity index (χ4n) is 3.84. The van der Waals surface area contributed by atoms with E-state index in [0.717, 1.165) is 30.0 Å². The average molecular weight is 925 g/mol. The van der Waals surface area contributed by atoms with Crippen molar-refractivity contribution in [2.75, 3.05) is 22.5 Å². The van der Waals surface area contributed by atoms with Gasteiger partial charge in [0.2, 0.25) is 11.2 Å². The number of benzene rings is 3. The molecule has 0 aliphatic carbocycles. The van der Waals surface area contributed by atoms with Crippen LogP contribution in [0.3, 0.4) is 0 Å². The fourth-order valence-corrected chi connectivity index (χ4v) is 6.37. The summed E-state index contributed by atoms with van der Waals surface area (Å²) >= 11 is 7.75. The zero-order valence-electron chi connectivity index (χ0n) is 27.8. The Morgan fingerprint density at radius 3 is 2.19 bits per heavy atom. The van der Waals surface area contributed by atoms with E-state index in [1.54, 1.807) is 6.11 Å². The van der Waals surface area contributed by atoms with Crippen molar-refractivity contribution in [3.63, 3.8) is 0 Å². The molecule has 0 aliphatic rings. The van der Waals surface area contributed by atoms with Gasteiger partial charge in [-0.3, -0.25) is 18.8 Å². The van der Waals surface area contributed by atoms with Crippen molar-refractivity contribution in [3.8, 4) is 11.4 Å². The molecule has 0 spiro atoms. The largest absolute Gasteiger partial charge is 0.481 e. The Labute approximate surface area is 341 Å². The van der Waals surface area contributed by atoms with Crippen LogP contribution in [0, 0.1) is 11.4 Å². The van der Waals surface area contributed by atoms with Crippen molar-refractivity contribution in [2.24, 2.45) is 20.5 Å². The lowest BCUT2D eigenvalue weighted by Crippen LogP contribution is -2.03. The number of nitrogens with two attached hydrogens (primary N) is 2. The lowest BCUT2D eigenvalue weighted by atomic mass is 10.1. The predicted octanol–water partition coefficient (Wildman–Crippen LogP) is 4.75. The van der Waals surface area contributed by atoms with Gasteiger partial charge in [-0.05, 0) is 70.2 Å². The van der Waals surface area contributed by atoms with Crippen LogP contribution in [-0.4, -0.2) is 79.5 Å². The number of nitrogens with zero attached hydrogens (tertiary/aromatic N) is 7. The van der Waals surface area contributed by atoms with E-state index >= 15 is 0 Å². The second-order valence-corrected chi connectivity index (χ2v) is 15.0. The van der Waals surface area contributed by atoms with Crippen molar-refractivity contribution in [1.82, 2.24) is 15.0 Å². The van der Waals surface area contributed by atoms with Crippen LogP contribution in [0.1, 0.15) is 10.4 Å². The molecule has 4 aromatic rings. The molecule has 32 heteroatoms. The Bertz CT molecular complexity index is 2560. The second kappa shape index (κ2) is 20.8. The number of aromatic carboxylic acids is 1. The third-order valence-corrected chi connectivity index (χ3v) is 9.38. The average Bonchev–Trinajstić information content (AvgIpc) is 3.11. The number of halogens is 1. The van der Waals surface area contributed by atoms with E-state index in [-0.39, 0.29) is 60.2 Å². The van der Waals surface area contributed by atoms with Gasteiger partial charge in [0, 0.05) is 15.8 Å². The molecule has 308 valence electrons. The lowest BCUT2D eigenvalue weighted by Gasteiger charge is -2.11.